The van der Waals surface area contributed by atoms with Crippen LogP contribution in [-0.2, 0) is 14.3 Å². The summed E-state index contributed by atoms with van der Waals surface area (Å²) in [6.45, 7) is 48.7. The monoisotopic (exact) mass is 894 g/mol. The van der Waals surface area contributed by atoms with E-state index in [0.717, 1.165) is 109 Å². The molecule has 7 saturated heterocycles. The van der Waals surface area contributed by atoms with Gasteiger partial charge < -0.3 is 39.2 Å². The molecule has 0 aromatic heterocycles. The number of morpholine rings is 1. The fourth-order valence-electron chi connectivity index (χ4n) is 8.75. The van der Waals surface area contributed by atoms with Crippen LogP contribution in [0.15, 0.2) is 0 Å². The Balaban J connectivity index is 0.000000369. The third kappa shape index (κ3) is 26.6. The summed E-state index contributed by atoms with van der Waals surface area (Å²) in [5.41, 5.74) is -0.397. The van der Waals surface area contributed by atoms with Crippen molar-refractivity contribution >= 4 is 11.8 Å². The Hall–Kier alpha value is -1.34. The van der Waals surface area contributed by atoms with Crippen molar-refractivity contribution in [3.63, 3.8) is 0 Å². The SMILES string of the molecule is CC(C)N1CCC(C)(O)CC1.CC(C)N1CCC1.CC(C)N1CCCC1.CC(C)N1CCCC1=O.CC(C)N1CCCCC1.CC(C)N1CCCCC1=O.CC(C)N1CCOCC1. The lowest BCUT2D eigenvalue weighted by Gasteiger charge is -2.37. The van der Waals surface area contributed by atoms with E-state index in [1.165, 1.54) is 84.2 Å². The van der Waals surface area contributed by atoms with E-state index in [-0.39, 0.29) is 0 Å². The van der Waals surface area contributed by atoms with Gasteiger partial charge in [-0.05, 0) is 207 Å². The lowest BCUT2D eigenvalue weighted by Crippen LogP contribution is -2.45. The van der Waals surface area contributed by atoms with Crippen molar-refractivity contribution in [3.05, 3.63) is 0 Å². The van der Waals surface area contributed by atoms with E-state index in [9.17, 15) is 14.7 Å². The molecule has 0 spiro atoms. The Kier molecular flexibility index (Phi) is 31.4. The fourth-order valence-corrected chi connectivity index (χ4v) is 8.75. The van der Waals surface area contributed by atoms with Gasteiger partial charge in [0.1, 0.15) is 0 Å². The molecular formula is C52H107N7O4. The zero-order chi connectivity index (χ0) is 47.5. The average molecular weight is 894 g/mol. The van der Waals surface area contributed by atoms with Gasteiger partial charge >= 0.3 is 0 Å². The number of hydrogen-bond acceptors (Lipinski definition) is 9. The normalized spacial score (nSPS) is 22.6. The molecule has 1 N–H and O–H groups in total. The highest BCUT2D eigenvalue weighted by atomic mass is 16.5. The Bertz CT molecular complexity index is 1110. The molecular weight excluding hydrogens is 787 g/mol. The zero-order valence-electron chi connectivity index (χ0n) is 44.4. The smallest absolute Gasteiger partial charge is 0.222 e. The number of piperidine rings is 3. The van der Waals surface area contributed by atoms with Gasteiger partial charge in [-0.1, -0.05) is 6.42 Å². The molecule has 0 saturated carbocycles. The van der Waals surface area contributed by atoms with Crippen LogP contribution in [-0.4, -0.2) is 191 Å². The number of aliphatic hydroxyl groups is 1. The van der Waals surface area contributed by atoms with Crippen molar-refractivity contribution < 1.29 is 19.4 Å². The lowest BCUT2D eigenvalue weighted by molar-refractivity contribution is -0.135. The second-order valence-electron chi connectivity index (χ2n) is 21.3. The lowest BCUT2D eigenvalue weighted by atomic mass is 9.93. The molecule has 7 fully saturated rings. The number of rotatable bonds is 7. The summed E-state index contributed by atoms with van der Waals surface area (Å²) in [5.74, 6) is 0.659. The Morgan fingerprint density at radius 2 is 0.683 bits per heavy atom. The predicted octanol–water partition coefficient (Wildman–Crippen LogP) is 8.86. The first-order chi connectivity index (χ1) is 29.7. The largest absolute Gasteiger partial charge is 0.390 e. The molecule has 7 heterocycles. The molecule has 0 aromatic rings. The van der Waals surface area contributed by atoms with E-state index < -0.39 is 5.60 Å². The van der Waals surface area contributed by atoms with Gasteiger partial charge in [-0.25, -0.2) is 0 Å². The molecule has 7 aliphatic rings. The van der Waals surface area contributed by atoms with E-state index in [1.807, 2.05) is 16.7 Å². The first-order valence-electron chi connectivity index (χ1n) is 26.3. The number of ether oxygens (including phenoxy) is 1. The van der Waals surface area contributed by atoms with E-state index in [1.54, 1.807) is 0 Å². The van der Waals surface area contributed by atoms with Crippen LogP contribution in [0.4, 0.5) is 0 Å². The predicted molar refractivity (Wildman–Crippen MR) is 269 cm³/mol. The molecule has 0 aromatic carbocycles. The second-order valence-corrected chi connectivity index (χ2v) is 21.3. The van der Waals surface area contributed by atoms with Crippen molar-refractivity contribution in [2.24, 2.45) is 0 Å². The van der Waals surface area contributed by atoms with E-state index >= 15 is 0 Å². The molecule has 374 valence electrons. The topological polar surface area (TPSA) is 86.3 Å². The van der Waals surface area contributed by atoms with Crippen LogP contribution in [0, 0.1) is 0 Å². The molecule has 0 radical (unpaired) electrons. The molecule has 11 nitrogen and oxygen atoms in total. The van der Waals surface area contributed by atoms with Crippen LogP contribution in [0.3, 0.4) is 0 Å². The van der Waals surface area contributed by atoms with Gasteiger partial charge in [0.25, 0.3) is 0 Å². The number of carbonyl (C=O) groups is 2. The van der Waals surface area contributed by atoms with Crippen LogP contribution in [0.5, 0.6) is 0 Å². The number of likely N-dealkylation sites (tertiary alicyclic amines) is 6. The van der Waals surface area contributed by atoms with E-state index in [0.29, 0.717) is 36.0 Å². The molecule has 7 rings (SSSR count). The average Bonchev–Trinajstić information content (AvgIpc) is 3.92. The summed E-state index contributed by atoms with van der Waals surface area (Å²) in [6, 6.07) is 4.45. The molecule has 0 aliphatic carbocycles. The van der Waals surface area contributed by atoms with Crippen molar-refractivity contribution in [2.45, 2.75) is 235 Å². The van der Waals surface area contributed by atoms with Crippen LogP contribution < -0.4 is 0 Å². The first-order valence-corrected chi connectivity index (χ1v) is 26.3. The van der Waals surface area contributed by atoms with Gasteiger partial charge in [0.05, 0.1) is 18.8 Å². The quantitative estimate of drug-likeness (QED) is 0.270. The maximum Gasteiger partial charge on any atom is 0.222 e. The molecule has 0 atom stereocenters. The van der Waals surface area contributed by atoms with Crippen molar-refractivity contribution in [3.8, 4) is 0 Å². The van der Waals surface area contributed by atoms with Crippen LogP contribution >= 0.6 is 0 Å². The van der Waals surface area contributed by atoms with Gasteiger partial charge in [-0.15, -0.1) is 0 Å². The fraction of sp³-hybridized carbons (Fsp3) is 0.962. The highest BCUT2D eigenvalue weighted by Gasteiger charge is 2.28. The highest BCUT2D eigenvalue weighted by molar-refractivity contribution is 5.78. The van der Waals surface area contributed by atoms with Crippen molar-refractivity contribution in [1.82, 2.24) is 34.3 Å². The summed E-state index contributed by atoms with van der Waals surface area (Å²) in [7, 11) is 0. The summed E-state index contributed by atoms with van der Waals surface area (Å²) < 4.78 is 5.21. The highest BCUT2D eigenvalue weighted by Crippen LogP contribution is 2.22. The molecule has 63 heavy (non-hydrogen) atoms. The Morgan fingerprint density at radius 1 is 0.381 bits per heavy atom. The third-order valence-corrected chi connectivity index (χ3v) is 13.7. The third-order valence-electron chi connectivity index (χ3n) is 13.7. The minimum Gasteiger partial charge on any atom is -0.390 e. The number of amides is 2. The zero-order valence-corrected chi connectivity index (χ0v) is 44.4. The summed E-state index contributed by atoms with van der Waals surface area (Å²) in [5, 5.41) is 9.65. The molecule has 11 heteroatoms. The van der Waals surface area contributed by atoms with Crippen molar-refractivity contribution in [1.29, 1.82) is 0 Å². The Morgan fingerprint density at radius 3 is 0.952 bits per heavy atom. The molecule has 7 aliphatic heterocycles. The standard InChI is InChI=1S/C9H19NO.C8H15NO.C8H17N.C7H15NO.C7H13NO.C7H15N.C6H13N/c1-8(2)10-6-4-9(3,11)5-7-10;1-7(2)9-6-4-3-5-8(9)10;1-8(2)9-6-4-3-5-7-9;1-7(2)8-3-5-9-6-4-8;1-6(2)8-5-3-4-7(8)9;1-7(2)8-5-3-4-6-8;1-6(2)7-4-3-5-7/h8,11H,4-7H2,1-3H3;7H,3-6H2,1-2H3;8H,3-7H2,1-2H3;7H,3-6H2,1-2H3;6H,3-5H2,1-2H3;7H,3-6H2,1-2H3;6H,3-5H2,1-2H3. The van der Waals surface area contributed by atoms with Gasteiger partial charge in [0.2, 0.25) is 11.8 Å². The van der Waals surface area contributed by atoms with Gasteiger partial charge in [-0.3, -0.25) is 14.5 Å². The van der Waals surface area contributed by atoms with Crippen LogP contribution in [0.2, 0.25) is 0 Å². The van der Waals surface area contributed by atoms with E-state index in [4.69, 9.17) is 4.74 Å². The first kappa shape index (κ1) is 59.7. The Labute approximate surface area is 391 Å². The second kappa shape index (κ2) is 33.2. The molecule has 0 unspecified atom stereocenters. The van der Waals surface area contributed by atoms with Gasteiger partial charge in [0, 0.05) is 94.4 Å². The van der Waals surface area contributed by atoms with Gasteiger partial charge in [-0.2, -0.15) is 0 Å². The minimum atomic E-state index is -0.397. The van der Waals surface area contributed by atoms with Crippen molar-refractivity contribution in [2.75, 3.05) is 91.8 Å². The van der Waals surface area contributed by atoms with Crippen LogP contribution in [0.25, 0.3) is 0 Å². The minimum absolute atomic E-state index is 0.324. The van der Waals surface area contributed by atoms with E-state index in [2.05, 4.69) is 121 Å². The van der Waals surface area contributed by atoms with Gasteiger partial charge in [0.15, 0.2) is 0 Å². The number of hydrogen-bond donors (Lipinski definition) is 1. The maximum atomic E-state index is 11.2. The maximum absolute atomic E-state index is 11.2. The number of carbonyl (C=O) groups excluding carboxylic acids is 2. The summed E-state index contributed by atoms with van der Waals surface area (Å²) >= 11 is 0. The van der Waals surface area contributed by atoms with Crippen LogP contribution in [0.1, 0.15) is 187 Å². The molecule has 2 amide bonds. The summed E-state index contributed by atoms with van der Waals surface area (Å²) in [6.07, 6.45) is 15.2. The summed E-state index contributed by atoms with van der Waals surface area (Å²) in [4.78, 5) is 38.4. The molecule has 0 bridgehead atoms. The number of nitrogens with zero attached hydrogens (tertiary/aromatic N) is 7.